The third-order valence-electron chi connectivity index (χ3n) is 1.94. The second kappa shape index (κ2) is 5.50. The summed E-state index contributed by atoms with van der Waals surface area (Å²) < 4.78 is 36.6. The van der Waals surface area contributed by atoms with Crippen LogP contribution in [0.25, 0.3) is 0 Å². The molecule has 1 heterocycles. The van der Waals surface area contributed by atoms with Gasteiger partial charge in [0.05, 0.1) is 0 Å². The number of carboxylic acid groups (broad SMARTS) is 1. The van der Waals surface area contributed by atoms with Crippen LogP contribution in [-0.4, -0.2) is 46.8 Å². The minimum atomic E-state index is -4.39. The van der Waals surface area contributed by atoms with E-state index in [1.165, 1.54) is 7.05 Å². The van der Waals surface area contributed by atoms with E-state index >= 15 is 0 Å². The Hall–Kier alpha value is -2.39. The van der Waals surface area contributed by atoms with Crippen LogP contribution in [0.4, 0.5) is 23.8 Å². The molecule has 0 fully saturated rings. The topological polar surface area (TPSA) is 105 Å². The molecule has 0 saturated heterocycles. The van der Waals surface area contributed by atoms with E-state index < -0.39 is 24.6 Å². The number of amides is 1. The summed E-state index contributed by atoms with van der Waals surface area (Å²) >= 11 is 0. The first-order valence-electron chi connectivity index (χ1n) is 4.86. The molecule has 0 aliphatic rings. The maximum absolute atomic E-state index is 12.2. The number of hydrogen-bond donors (Lipinski definition) is 2. The highest BCUT2D eigenvalue weighted by atomic mass is 19.4. The normalized spacial score (nSPS) is 12.3. The van der Waals surface area contributed by atoms with Gasteiger partial charge >= 0.3 is 12.3 Å². The van der Waals surface area contributed by atoms with Crippen molar-refractivity contribution < 1.29 is 23.1 Å². The first-order valence-corrected chi connectivity index (χ1v) is 4.86. The first-order chi connectivity index (χ1) is 8.69. The van der Waals surface area contributed by atoms with Crippen LogP contribution in [0.3, 0.4) is 0 Å². The molecule has 19 heavy (non-hydrogen) atoms. The molecule has 10 heteroatoms. The van der Waals surface area contributed by atoms with Gasteiger partial charge in [-0.05, 0) is 0 Å². The largest absolute Gasteiger partial charge is 0.463 e. The van der Waals surface area contributed by atoms with E-state index in [2.05, 4.69) is 15.0 Å². The van der Waals surface area contributed by atoms with Crippen LogP contribution in [0, 0.1) is 0 Å². The van der Waals surface area contributed by atoms with Gasteiger partial charge in [-0.3, -0.25) is 0 Å². The van der Waals surface area contributed by atoms with Crippen LogP contribution >= 0.6 is 0 Å². The average Bonchev–Trinajstić information content (AvgIpc) is 2.26. The van der Waals surface area contributed by atoms with Crippen molar-refractivity contribution >= 4 is 17.7 Å². The van der Waals surface area contributed by atoms with E-state index in [1.807, 2.05) is 0 Å². The monoisotopic (exact) mass is 277 g/mol. The van der Waals surface area contributed by atoms with Crippen molar-refractivity contribution in [1.29, 1.82) is 0 Å². The van der Waals surface area contributed by atoms with Crippen molar-refractivity contribution in [2.45, 2.75) is 6.18 Å². The fourth-order valence-corrected chi connectivity index (χ4v) is 1.21. The molecule has 7 nitrogen and oxygen atoms in total. The molecule has 0 unspecified atom stereocenters. The van der Waals surface area contributed by atoms with E-state index in [9.17, 15) is 18.0 Å². The summed E-state index contributed by atoms with van der Waals surface area (Å²) in [6.45, 7) is -1.21. The number of aliphatic imine (C=N–C) groups is 1. The van der Waals surface area contributed by atoms with Crippen LogP contribution in [0.2, 0.25) is 0 Å². The number of anilines is 1. The highest BCUT2D eigenvalue weighted by Crippen LogP contribution is 2.19. The van der Waals surface area contributed by atoms with E-state index in [4.69, 9.17) is 10.8 Å². The molecule has 0 atom stereocenters. The minimum Gasteiger partial charge on any atom is -0.463 e. The van der Waals surface area contributed by atoms with Crippen molar-refractivity contribution in [3.63, 3.8) is 0 Å². The summed E-state index contributed by atoms with van der Waals surface area (Å²) in [6, 6.07) is 1.12. The van der Waals surface area contributed by atoms with Gasteiger partial charge in [-0.15, -0.1) is 0 Å². The quantitative estimate of drug-likeness (QED) is 0.627. The molecule has 0 aliphatic carbocycles. The van der Waals surface area contributed by atoms with Crippen molar-refractivity contribution in [3.8, 4) is 0 Å². The molecule has 0 radical (unpaired) electrons. The van der Waals surface area contributed by atoms with Gasteiger partial charge in [0.2, 0.25) is 0 Å². The summed E-state index contributed by atoms with van der Waals surface area (Å²) in [5.41, 5.74) is 5.26. The molecule has 1 rings (SSSR count). The van der Waals surface area contributed by atoms with Gasteiger partial charge < -0.3 is 15.7 Å². The lowest BCUT2D eigenvalue weighted by Gasteiger charge is -2.19. The predicted octanol–water partition coefficient (Wildman–Crippen LogP) is 0.858. The number of amidine groups is 1. The summed E-state index contributed by atoms with van der Waals surface area (Å²) in [6.07, 6.45) is -4.94. The number of hydrogen-bond acceptors (Lipinski definition) is 4. The lowest BCUT2D eigenvalue weighted by molar-refractivity contribution is -0.119. The Morgan fingerprint density at radius 1 is 1.53 bits per heavy atom. The summed E-state index contributed by atoms with van der Waals surface area (Å²) in [5.74, 6) is -0.470. The molecule has 0 saturated carbocycles. The fraction of sp³-hybridized carbons (Fsp3) is 0.333. The molecule has 1 amide bonds. The van der Waals surface area contributed by atoms with Gasteiger partial charge in [-0.1, -0.05) is 0 Å². The molecule has 1 aromatic heterocycles. The third kappa shape index (κ3) is 4.77. The number of nitrogens with two attached hydrogens (primary N) is 1. The fourth-order valence-electron chi connectivity index (χ4n) is 1.21. The number of aromatic nitrogens is 2. The van der Waals surface area contributed by atoms with Crippen LogP contribution in [0.15, 0.2) is 17.4 Å². The molecule has 3 N–H and O–H groups in total. The molecule has 0 bridgehead atoms. The molecule has 0 aromatic carbocycles. The van der Waals surface area contributed by atoms with Gasteiger partial charge in [0.25, 0.3) is 0 Å². The van der Waals surface area contributed by atoms with E-state index in [-0.39, 0.29) is 11.5 Å². The maximum Gasteiger partial charge on any atom is 0.433 e. The molecule has 0 aliphatic heterocycles. The average molecular weight is 277 g/mol. The second-order valence-electron chi connectivity index (χ2n) is 3.51. The zero-order chi connectivity index (χ0) is 14.6. The van der Waals surface area contributed by atoms with E-state index in [0.29, 0.717) is 0 Å². The van der Waals surface area contributed by atoms with Crippen molar-refractivity contribution in [3.05, 3.63) is 18.1 Å². The molecular weight excluding hydrogens is 267 g/mol. The lowest BCUT2D eigenvalue weighted by Crippen LogP contribution is -2.31. The van der Waals surface area contributed by atoms with E-state index in [0.717, 1.165) is 17.3 Å². The van der Waals surface area contributed by atoms with Crippen molar-refractivity contribution in [2.75, 3.05) is 18.5 Å². The number of nitrogens with zero attached hydrogens (tertiary/aromatic N) is 4. The summed E-state index contributed by atoms with van der Waals surface area (Å²) in [5, 5.41) is 8.41. The van der Waals surface area contributed by atoms with Crippen molar-refractivity contribution in [2.24, 2.45) is 10.7 Å². The predicted molar refractivity (Wildman–Crippen MR) is 60.1 cm³/mol. The van der Waals surface area contributed by atoms with Crippen molar-refractivity contribution in [1.82, 2.24) is 9.97 Å². The smallest absolute Gasteiger partial charge is 0.433 e. The molecular formula is C9H10F3N5O2. The lowest BCUT2D eigenvalue weighted by atomic mass is 10.3. The number of rotatable bonds is 3. The Labute approximate surface area is 105 Å². The molecule has 1 aromatic rings. The minimum absolute atomic E-state index is 0.0501. The van der Waals surface area contributed by atoms with Crippen LogP contribution in [0.5, 0.6) is 0 Å². The summed E-state index contributed by atoms with van der Waals surface area (Å²) in [4.78, 5) is 21.4. The Balaban J connectivity index is 2.97. The number of alkyl halides is 3. The molecule has 0 spiro atoms. The van der Waals surface area contributed by atoms with Gasteiger partial charge in [0.15, 0.2) is 5.84 Å². The van der Waals surface area contributed by atoms with E-state index in [1.54, 1.807) is 0 Å². The van der Waals surface area contributed by atoms with Crippen LogP contribution in [0.1, 0.15) is 5.69 Å². The Morgan fingerprint density at radius 3 is 2.68 bits per heavy atom. The number of halogens is 3. The van der Waals surface area contributed by atoms with Crippen LogP contribution < -0.4 is 10.6 Å². The van der Waals surface area contributed by atoms with Gasteiger partial charge in [0.1, 0.15) is 24.4 Å². The molecule has 104 valence electrons. The van der Waals surface area contributed by atoms with Crippen LogP contribution in [-0.2, 0) is 0 Å². The van der Waals surface area contributed by atoms with Gasteiger partial charge in [0, 0.05) is 13.1 Å². The van der Waals surface area contributed by atoms with Gasteiger partial charge in [-0.2, -0.15) is 18.2 Å². The Bertz CT molecular complexity index is 503. The third-order valence-corrected chi connectivity index (χ3v) is 1.94. The standard InChI is InChI=1S/C9H10F3N5O2/c1-17(3-9(10,11)12)6-2-5(14-4-15-6)7(13)16-8(18)19/h2,4H,3H2,1H3,(H2,13,16)(H,18,19). The number of carbonyl (C=O) groups is 1. The SMILES string of the molecule is CN(CC(F)(F)F)c1cc(C(N)=NC(=O)O)ncn1. The highest BCUT2D eigenvalue weighted by Gasteiger charge is 2.29. The first kappa shape index (κ1) is 14.7. The Kier molecular flexibility index (Phi) is 4.25. The zero-order valence-electron chi connectivity index (χ0n) is 9.72. The summed E-state index contributed by atoms with van der Waals surface area (Å²) in [7, 11) is 1.18. The Morgan fingerprint density at radius 2 is 2.16 bits per heavy atom. The zero-order valence-corrected chi connectivity index (χ0v) is 9.72. The maximum atomic E-state index is 12.2. The second-order valence-corrected chi connectivity index (χ2v) is 3.51. The van der Waals surface area contributed by atoms with Gasteiger partial charge in [-0.25, -0.2) is 14.8 Å². The highest BCUT2D eigenvalue weighted by molar-refractivity contribution is 6.01.